The van der Waals surface area contributed by atoms with Crippen molar-refractivity contribution in [2.75, 3.05) is 0 Å². The molecule has 0 bridgehead atoms. The molecule has 3 heteroatoms. The quantitative estimate of drug-likeness (QED) is 0.488. The average molecular weight is 405 g/mol. The molecule has 4 aromatic carbocycles. The lowest BCUT2D eigenvalue weighted by Crippen LogP contribution is -2.47. The molecular weight excluding hydrogens is 382 g/mol. The Balaban J connectivity index is 1.71. The van der Waals surface area contributed by atoms with Gasteiger partial charge < -0.3 is 5.11 Å². The fourth-order valence-electron chi connectivity index (χ4n) is 4.60. The molecule has 31 heavy (non-hydrogen) atoms. The number of benzene rings is 4. The summed E-state index contributed by atoms with van der Waals surface area (Å²) in [6.07, 6.45) is 0.312. The molecule has 0 aliphatic carbocycles. The fourth-order valence-corrected chi connectivity index (χ4v) is 4.60. The van der Waals surface area contributed by atoms with Crippen LogP contribution in [0, 0.1) is 0 Å². The van der Waals surface area contributed by atoms with Crippen molar-refractivity contribution in [1.82, 2.24) is 4.90 Å². The van der Waals surface area contributed by atoms with Crippen molar-refractivity contribution in [2.24, 2.45) is 0 Å². The topological polar surface area (TPSA) is 40.5 Å². The van der Waals surface area contributed by atoms with Crippen molar-refractivity contribution < 1.29 is 9.90 Å². The third kappa shape index (κ3) is 3.33. The second-order valence-corrected chi connectivity index (χ2v) is 7.92. The van der Waals surface area contributed by atoms with E-state index in [4.69, 9.17) is 0 Å². The maximum Gasteiger partial charge on any atom is 0.257 e. The van der Waals surface area contributed by atoms with Gasteiger partial charge in [0, 0.05) is 17.5 Å². The van der Waals surface area contributed by atoms with Gasteiger partial charge in [-0.3, -0.25) is 9.69 Å². The Hall–Kier alpha value is -3.69. The van der Waals surface area contributed by atoms with Gasteiger partial charge in [0.25, 0.3) is 5.91 Å². The minimum absolute atomic E-state index is 0.160. The molecule has 0 fully saturated rings. The minimum atomic E-state index is -1.47. The second kappa shape index (κ2) is 7.86. The van der Waals surface area contributed by atoms with E-state index >= 15 is 0 Å². The number of nitrogens with zero attached hydrogens (tertiary/aromatic N) is 1. The van der Waals surface area contributed by atoms with Crippen LogP contribution in [0.5, 0.6) is 0 Å². The van der Waals surface area contributed by atoms with Crippen LogP contribution < -0.4 is 0 Å². The first-order valence-electron chi connectivity index (χ1n) is 10.5. The zero-order chi connectivity index (χ0) is 21.3. The summed E-state index contributed by atoms with van der Waals surface area (Å²) in [7, 11) is 0. The highest BCUT2D eigenvalue weighted by Gasteiger charge is 2.51. The predicted molar refractivity (Wildman–Crippen MR) is 121 cm³/mol. The van der Waals surface area contributed by atoms with Crippen LogP contribution in [0.4, 0.5) is 0 Å². The lowest BCUT2D eigenvalue weighted by Gasteiger charge is -2.40. The van der Waals surface area contributed by atoms with E-state index in [-0.39, 0.29) is 5.91 Å². The first kappa shape index (κ1) is 19.3. The Morgan fingerprint density at radius 1 is 0.677 bits per heavy atom. The Morgan fingerprint density at radius 2 is 1.16 bits per heavy atom. The van der Waals surface area contributed by atoms with Gasteiger partial charge in [0.2, 0.25) is 0 Å². The number of hydrogen-bond donors (Lipinski definition) is 1. The van der Waals surface area contributed by atoms with E-state index in [1.165, 1.54) is 0 Å². The number of fused-ring (bicyclic) bond motifs is 1. The van der Waals surface area contributed by atoms with Crippen LogP contribution in [0.25, 0.3) is 0 Å². The highest BCUT2D eigenvalue weighted by molar-refractivity contribution is 6.00. The van der Waals surface area contributed by atoms with Gasteiger partial charge in [-0.15, -0.1) is 0 Å². The van der Waals surface area contributed by atoms with Gasteiger partial charge in [-0.05, 0) is 22.8 Å². The SMILES string of the molecule is O=C1c2ccccc2[C@](O)(Cc2ccccc2)N1C(c1ccccc1)c1ccccc1. The van der Waals surface area contributed by atoms with Crippen LogP contribution in [0.2, 0.25) is 0 Å². The van der Waals surface area contributed by atoms with Crippen molar-refractivity contribution in [3.8, 4) is 0 Å². The number of carbonyl (C=O) groups is 1. The van der Waals surface area contributed by atoms with Crippen molar-refractivity contribution in [3.63, 3.8) is 0 Å². The van der Waals surface area contributed by atoms with Gasteiger partial charge in [-0.1, -0.05) is 109 Å². The van der Waals surface area contributed by atoms with Gasteiger partial charge in [0.1, 0.15) is 0 Å². The summed E-state index contributed by atoms with van der Waals surface area (Å²) in [5.41, 5.74) is 2.63. The van der Waals surface area contributed by atoms with E-state index in [0.29, 0.717) is 17.5 Å². The number of aliphatic hydroxyl groups is 1. The minimum Gasteiger partial charge on any atom is -0.366 e. The summed E-state index contributed by atoms with van der Waals surface area (Å²) in [5, 5.41) is 12.2. The molecule has 1 atom stereocenters. The second-order valence-electron chi connectivity index (χ2n) is 7.92. The van der Waals surface area contributed by atoms with E-state index in [2.05, 4.69) is 0 Å². The Kier molecular flexibility index (Phi) is 4.89. The summed E-state index contributed by atoms with van der Waals surface area (Å²) < 4.78 is 0. The number of rotatable bonds is 5. The van der Waals surface area contributed by atoms with Gasteiger partial charge in [0.05, 0.1) is 6.04 Å². The molecule has 4 aromatic rings. The molecule has 0 aromatic heterocycles. The third-order valence-corrected chi connectivity index (χ3v) is 5.99. The highest BCUT2D eigenvalue weighted by Crippen LogP contribution is 2.46. The summed E-state index contributed by atoms with van der Waals surface area (Å²) >= 11 is 0. The van der Waals surface area contributed by atoms with Crippen molar-refractivity contribution in [2.45, 2.75) is 18.2 Å². The van der Waals surface area contributed by atoms with Gasteiger partial charge >= 0.3 is 0 Å². The maximum atomic E-state index is 13.8. The summed E-state index contributed by atoms with van der Waals surface area (Å²) in [6.45, 7) is 0. The first-order chi connectivity index (χ1) is 15.2. The van der Waals surface area contributed by atoms with Crippen LogP contribution in [-0.2, 0) is 12.1 Å². The molecule has 1 heterocycles. The average Bonchev–Trinajstić information content (AvgIpc) is 3.04. The van der Waals surface area contributed by atoms with E-state index in [0.717, 1.165) is 16.7 Å². The van der Waals surface area contributed by atoms with Crippen LogP contribution >= 0.6 is 0 Å². The van der Waals surface area contributed by atoms with Crippen LogP contribution in [0.15, 0.2) is 115 Å². The van der Waals surface area contributed by atoms with E-state index in [1.807, 2.05) is 109 Å². The van der Waals surface area contributed by atoms with E-state index < -0.39 is 11.8 Å². The summed E-state index contributed by atoms with van der Waals surface area (Å²) in [5.74, 6) is -0.160. The molecule has 152 valence electrons. The van der Waals surface area contributed by atoms with Gasteiger partial charge in [0.15, 0.2) is 5.72 Å². The van der Waals surface area contributed by atoms with E-state index in [9.17, 15) is 9.90 Å². The van der Waals surface area contributed by atoms with Crippen LogP contribution in [-0.4, -0.2) is 15.9 Å². The van der Waals surface area contributed by atoms with Crippen molar-refractivity contribution in [1.29, 1.82) is 0 Å². The van der Waals surface area contributed by atoms with E-state index in [1.54, 1.807) is 11.0 Å². The monoisotopic (exact) mass is 405 g/mol. The zero-order valence-corrected chi connectivity index (χ0v) is 17.1. The molecule has 1 N–H and O–H groups in total. The molecule has 5 rings (SSSR count). The summed E-state index contributed by atoms with van der Waals surface area (Å²) in [6, 6.07) is 36.7. The van der Waals surface area contributed by atoms with Gasteiger partial charge in [-0.2, -0.15) is 0 Å². The maximum absolute atomic E-state index is 13.8. The smallest absolute Gasteiger partial charge is 0.257 e. The molecule has 0 saturated heterocycles. The summed E-state index contributed by atoms with van der Waals surface area (Å²) in [4.78, 5) is 15.4. The van der Waals surface area contributed by atoms with Crippen LogP contribution in [0.3, 0.4) is 0 Å². The molecule has 3 nitrogen and oxygen atoms in total. The van der Waals surface area contributed by atoms with Crippen molar-refractivity contribution in [3.05, 3.63) is 143 Å². The molecule has 0 unspecified atom stereocenters. The van der Waals surface area contributed by atoms with Gasteiger partial charge in [-0.25, -0.2) is 0 Å². The number of amides is 1. The Morgan fingerprint density at radius 3 is 1.74 bits per heavy atom. The molecule has 0 saturated carbocycles. The number of hydrogen-bond acceptors (Lipinski definition) is 2. The number of carbonyl (C=O) groups excluding carboxylic acids is 1. The first-order valence-corrected chi connectivity index (χ1v) is 10.5. The Labute approximate surface area is 182 Å². The predicted octanol–water partition coefficient (Wildman–Crippen LogP) is 5.32. The highest BCUT2D eigenvalue weighted by atomic mass is 16.3. The third-order valence-electron chi connectivity index (χ3n) is 5.99. The lowest BCUT2D eigenvalue weighted by atomic mass is 9.91. The lowest BCUT2D eigenvalue weighted by molar-refractivity contribution is -0.0968. The normalized spacial score (nSPS) is 17.7. The zero-order valence-electron chi connectivity index (χ0n) is 17.1. The molecule has 1 aliphatic rings. The molecule has 0 radical (unpaired) electrons. The van der Waals surface area contributed by atoms with Crippen molar-refractivity contribution >= 4 is 5.91 Å². The molecular formula is C28H23NO2. The molecule has 1 amide bonds. The fraction of sp³-hybridized carbons (Fsp3) is 0.107. The molecule has 0 spiro atoms. The molecule has 1 aliphatic heterocycles. The van der Waals surface area contributed by atoms with Crippen LogP contribution in [0.1, 0.15) is 38.7 Å². The Bertz CT molecular complexity index is 1150. The largest absolute Gasteiger partial charge is 0.366 e. The standard InChI is InChI=1S/C28H23NO2/c30-27-24-18-10-11-19-25(24)28(31,20-21-12-4-1-5-13-21)29(27)26(22-14-6-2-7-15-22)23-16-8-3-9-17-23/h1-19,26,31H,20H2/t28-/m1/s1.